The van der Waals surface area contributed by atoms with E-state index in [0.717, 1.165) is 22.4 Å². The van der Waals surface area contributed by atoms with E-state index in [2.05, 4.69) is 0 Å². The summed E-state index contributed by atoms with van der Waals surface area (Å²) in [6, 6.07) is 21.8. The Balaban J connectivity index is 1.89. The Hall–Kier alpha value is -3.11. The number of aromatic hydroxyl groups is 1. The zero-order valence-electron chi connectivity index (χ0n) is 16.3. The highest BCUT2D eigenvalue weighted by Gasteiger charge is 2.24. The number of phenolic OH excluding ortho intramolecular Hbond substituents is 1. The molecule has 1 amide bonds. The van der Waals surface area contributed by atoms with Crippen LogP contribution in [0.25, 0.3) is 0 Å². The van der Waals surface area contributed by atoms with E-state index >= 15 is 0 Å². The molecule has 0 saturated carbocycles. The number of benzene rings is 3. The van der Waals surface area contributed by atoms with Gasteiger partial charge in [-0.2, -0.15) is 0 Å². The molecule has 4 heteroatoms. The van der Waals surface area contributed by atoms with Crippen molar-refractivity contribution in [2.45, 2.75) is 26.3 Å². The Kier molecular flexibility index (Phi) is 6.12. The maximum Gasteiger partial charge on any atom is 0.248 e. The Morgan fingerprint density at radius 3 is 2.39 bits per heavy atom. The lowest BCUT2D eigenvalue weighted by Gasteiger charge is -2.27. The van der Waals surface area contributed by atoms with Crippen LogP contribution in [-0.2, 0) is 11.2 Å². The minimum Gasteiger partial charge on any atom is -0.508 e. The number of rotatable bonds is 6. The van der Waals surface area contributed by atoms with Gasteiger partial charge in [0.05, 0.1) is 0 Å². The lowest BCUT2D eigenvalue weighted by Crippen LogP contribution is -2.40. The summed E-state index contributed by atoms with van der Waals surface area (Å²) < 4.78 is 0. The molecule has 0 aromatic heterocycles. The highest BCUT2D eigenvalue weighted by atomic mass is 16.3. The van der Waals surface area contributed by atoms with Gasteiger partial charge in [-0.15, -0.1) is 0 Å². The molecule has 0 saturated heterocycles. The van der Waals surface area contributed by atoms with Crippen molar-refractivity contribution in [3.63, 3.8) is 0 Å². The Labute approximate surface area is 166 Å². The molecule has 0 fully saturated rings. The molecule has 1 atom stereocenters. The first-order chi connectivity index (χ1) is 13.5. The molecule has 0 aliphatic heterocycles. The average molecular weight is 374 g/mol. The van der Waals surface area contributed by atoms with E-state index in [0.29, 0.717) is 13.0 Å². The van der Waals surface area contributed by atoms with E-state index < -0.39 is 6.04 Å². The molecule has 3 N–H and O–H groups in total. The number of carbonyl (C=O) groups excluding carboxylic acids is 1. The number of amides is 1. The second kappa shape index (κ2) is 8.72. The Morgan fingerprint density at radius 2 is 1.71 bits per heavy atom. The summed E-state index contributed by atoms with van der Waals surface area (Å²) in [6.45, 7) is 4.56. The molecule has 4 nitrogen and oxygen atoms in total. The third kappa shape index (κ3) is 4.59. The van der Waals surface area contributed by atoms with Gasteiger partial charge in [0.2, 0.25) is 5.91 Å². The topological polar surface area (TPSA) is 66.6 Å². The second-order valence-electron chi connectivity index (χ2n) is 7.07. The van der Waals surface area contributed by atoms with Crippen molar-refractivity contribution < 1.29 is 9.90 Å². The fraction of sp³-hybridized carbons (Fsp3) is 0.208. The van der Waals surface area contributed by atoms with E-state index in [1.54, 1.807) is 17.0 Å². The van der Waals surface area contributed by atoms with Crippen LogP contribution in [0, 0.1) is 13.8 Å². The summed E-state index contributed by atoms with van der Waals surface area (Å²) in [6.07, 6.45) is 0.620. The standard InChI is InChI=1S/C24H26N2O2/c1-17-11-12-21(15-18(17)2)26(14-13-19-7-6-10-22(27)16-19)24(28)23(25)20-8-4-3-5-9-20/h3-12,15-16,23,27H,13-14,25H2,1-2H3/t23-/m0/s1. The van der Waals surface area contributed by atoms with E-state index in [1.165, 1.54) is 5.56 Å². The summed E-state index contributed by atoms with van der Waals surface area (Å²) in [7, 11) is 0. The summed E-state index contributed by atoms with van der Waals surface area (Å²) in [5.74, 6) is 0.0807. The second-order valence-corrected chi connectivity index (χ2v) is 7.07. The number of nitrogens with zero attached hydrogens (tertiary/aromatic N) is 1. The number of phenols is 1. The van der Waals surface area contributed by atoms with Crippen LogP contribution in [0.3, 0.4) is 0 Å². The summed E-state index contributed by atoms with van der Waals surface area (Å²) >= 11 is 0. The maximum absolute atomic E-state index is 13.3. The van der Waals surface area contributed by atoms with Crippen LogP contribution in [0.1, 0.15) is 28.3 Å². The smallest absolute Gasteiger partial charge is 0.248 e. The van der Waals surface area contributed by atoms with Gasteiger partial charge in [0.25, 0.3) is 0 Å². The minimum atomic E-state index is -0.730. The maximum atomic E-state index is 13.3. The fourth-order valence-corrected chi connectivity index (χ4v) is 3.18. The van der Waals surface area contributed by atoms with Crippen LogP contribution >= 0.6 is 0 Å². The van der Waals surface area contributed by atoms with Gasteiger partial charge in [-0.3, -0.25) is 4.79 Å². The monoisotopic (exact) mass is 374 g/mol. The number of aryl methyl sites for hydroxylation is 2. The predicted molar refractivity (Wildman–Crippen MR) is 113 cm³/mol. The van der Waals surface area contributed by atoms with Crippen molar-refractivity contribution in [3.8, 4) is 5.75 Å². The van der Waals surface area contributed by atoms with Crippen molar-refractivity contribution in [2.24, 2.45) is 5.73 Å². The molecule has 0 radical (unpaired) electrons. The molecule has 0 unspecified atom stereocenters. The van der Waals surface area contributed by atoms with Crippen molar-refractivity contribution in [1.82, 2.24) is 0 Å². The fourth-order valence-electron chi connectivity index (χ4n) is 3.18. The van der Waals surface area contributed by atoms with Gasteiger partial charge < -0.3 is 15.7 Å². The van der Waals surface area contributed by atoms with Crippen molar-refractivity contribution >= 4 is 11.6 Å². The van der Waals surface area contributed by atoms with E-state index in [-0.39, 0.29) is 11.7 Å². The van der Waals surface area contributed by atoms with Crippen LogP contribution < -0.4 is 10.6 Å². The lowest BCUT2D eigenvalue weighted by molar-refractivity contribution is -0.120. The Bertz CT molecular complexity index is 954. The van der Waals surface area contributed by atoms with Crippen LogP contribution in [0.5, 0.6) is 5.75 Å². The van der Waals surface area contributed by atoms with Gasteiger partial charge in [-0.1, -0.05) is 48.5 Å². The van der Waals surface area contributed by atoms with Crippen molar-refractivity contribution in [1.29, 1.82) is 0 Å². The molecule has 0 heterocycles. The van der Waals surface area contributed by atoms with Gasteiger partial charge >= 0.3 is 0 Å². The largest absolute Gasteiger partial charge is 0.508 e. The normalized spacial score (nSPS) is 11.8. The van der Waals surface area contributed by atoms with E-state index in [9.17, 15) is 9.90 Å². The molecule has 28 heavy (non-hydrogen) atoms. The SMILES string of the molecule is Cc1ccc(N(CCc2cccc(O)c2)C(=O)[C@@H](N)c2ccccc2)cc1C. The van der Waals surface area contributed by atoms with Crippen LogP contribution in [-0.4, -0.2) is 17.6 Å². The first kappa shape index (κ1) is 19.6. The summed E-state index contributed by atoms with van der Waals surface area (Å²) in [5.41, 5.74) is 11.2. The predicted octanol–water partition coefficient (Wildman–Crippen LogP) is 4.28. The van der Waals surface area contributed by atoms with Crippen molar-refractivity contribution in [2.75, 3.05) is 11.4 Å². The number of hydrogen-bond acceptors (Lipinski definition) is 3. The van der Waals surface area contributed by atoms with Crippen LogP contribution in [0.15, 0.2) is 72.8 Å². The molecule has 3 aromatic carbocycles. The summed E-state index contributed by atoms with van der Waals surface area (Å²) in [5, 5.41) is 9.71. The van der Waals surface area contributed by atoms with E-state index in [4.69, 9.17) is 5.73 Å². The molecular weight excluding hydrogens is 348 g/mol. The van der Waals surface area contributed by atoms with Gasteiger partial charge in [-0.05, 0) is 66.8 Å². The summed E-state index contributed by atoms with van der Waals surface area (Å²) in [4.78, 5) is 15.0. The quantitative estimate of drug-likeness (QED) is 0.677. The molecule has 0 bridgehead atoms. The highest BCUT2D eigenvalue weighted by Crippen LogP contribution is 2.23. The third-order valence-electron chi connectivity index (χ3n) is 5.03. The highest BCUT2D eigenvalue weighted by molar-refractivity contribution is 5.97. The number of hydrogen-bond donors (Lipinski definition) is 2. The molecule has 3 aromatic rings. The van der Waals surface area contributed by atoms with Gasteiger partial charge in [-0.25, -0.2) is 0 Å². The first-order valence-corrected chi connectivity index (χ1v) is 9.43. The number of carbonyl (C=O) groups is 1. The average Bonchev–Trinajstić information content (AvgIpc) is 2.70. The zero-order valence-corrected chi connectivity index (χ0v) is 16.3. The van der Waals surface area contributed by atoms with Gasteiger partial charge in [0, 0.05) is 12.2 Å². The van der Waals surface area contributed by atoms with Crippen LogP contribution in [0.2, 0.25) is 0 Å². The Morgan fingerprint density at radius 1 is 0.964 bits per heavy atom. The number of anilines is 1. The number of nitrogens with two attached hydrogens (primary N) is 1. The zero-order chi connectivity index (χ0) is 20.1. The van der Waals surface area contributed by atoms with E-state index in [1.807, 2.05) is 74.5 Å². The molecule has 0 aliphatic carbocycles. The lowest BCUT2D eigenvalue weighted by atomic mass is 10.0. The molecule has 144 valence electrons. The molecule has 0 spiro atoms. The van der Waals surface area contributed by atoms with Crippen LogP contribution in [0.4, 0.5) is 5.69 Å². The van der Waals surface area contributed by atoms with Gasteiger partial charge in [0.15, 0.2) is 0 Å². The first-order valence-electron chi connectivity index (χ1n) is 9.43. The molecule has 3 rings (SSSR count). The van der Waals surface area contributed by atoms with Crippen molar-refractivity contribution in [3.05, 3.63) is 95.1 Å². The molecule has 0 aliphatic rings. The third-order valence-corrected chi connectivity index (χ3v) is 5.03. The molecular formula is C24H26N2O2. The minimum absolute atomic E-state index is 0.144. The van der Waals surface area contributed by atoms with Gasteiger partial charge in [0.1, 0.15) is 11.8 Å².